The lowest BCUT2D eigenvalue weighted by Crippen LogP contribution is -2.19. The summed E-state index contributed by atoms with van der Waals surface area (Å²) in [5, 5.41) is 33.5. The largest absolute Gasteiger partial charge is 0.390 e. The number of nitro benzene ring substituents is 1. The Hall–Kier alpha value is -2.48. The maximum Gasteiger partial charge on any atom is 0.280 e. The van der Waals surface area contributed by atoms with E-state index in [1.54, 1.807) is 0 Å². The van der Waals surface area contributed by atoms with Gasteiger partial charge < -0.3 is 10.2 Å². The van der Waals surface area contributed by atoms with Gasteiger partial charge in [-0.25, -0.2) is 0 Å². The minimum absolute atomic E-state index is 0.00839. The first kappa shape index (κ1) is 15.6. The molecule has 2 N–H and O–H groups in total. The molecule has 9 nitrogen and oxygen atoms in total. The van der Waals surface area contributed by atoms with Crippen LogP contribution in [0.4, 0.5) is 5.69 Å². The standard InChI is InChI=1S/C11H12N4O5/c12-14-13-4-3-10(17)11(18)7-1-2-8(6-16)9(5-7)15(19)20/h1-2,5-6,10-11,17-18H,3-4H2. The lowest BCUT2D eigenvalue weighted by molar-refractivity contribution is -0.385. The van der Waals surface area contributed by atoms with Crippen LogP contribution in [0.15, 0.2) is 23.3 Å². The molecule has 1 aromatic carbocycles. The van der Waals surface area contributed by atoms with Gasteiger partial charge in [-0.2, -0.15) is 0 Å². The van der Waals surface area contributed by atoms with Gasteiger partial charge in [0.2, 0.25) is 0 Å². The summed E-state index contributed by atoms with van der Waals surface area (Å²) in [7, 11) is 0. The van der Waals surface area contributed by atoms with Crippen LogP contribution in [0.1, 0.15) is 28.4 Å². The van der Waals surface area contributed by atoms with E-state index in [2.05, 4.69) is 10.0 Å². The van der Waals surface area contributed by atoms with Gasteiger partial charge in [0.05, 0.1) is 16.6 Å². The molecular formula is C11H12N4O5. The molecule has 1 rings (SSSR count). The third-order valence-corrected chi connectivity index (χ3v) is 2.67. The zero-order valence-electron chi connectivity index (χ0n) is 10.3. The number of aliphatic hydroxyl groups is 2. The molecule has 0 radical (unpaired) electrons. The molecule has 0 saturated carbocycles. The van der Waals surface area contributed by atoms with Crippen molar-refractivity contribution in [2.45, 2.75) is 18.6 Å². The summed E-state index contributed by atoms with van der Waals surface area (Å²) in [6, 6.07) is 3.55. The Morgan fingerprint density at radius 2 is 2.20 bits per heavy atom. The second-order valence-corrected chi connectivity index (χ2v) is 3.95. The predicted octanol–water partition coefficient (Wildman–Crippen LogP) is 1.50. The molecule has 0 bridgehead atoms. The smallest absolute Gasteiger partial charge is 0.280 e. The first-order chi connectivity index (χ1) is 9.51. The number of aldehydes is 1. The number of benzene rings is 1. The van der Waals surface area contributed by atoms with Crippen LogP contribution >= 0.6 is 0 Å². The summed E-state index contributed by atoms with van der Waals surface area (Å²) in [5.74, 6) is 0. The minimum Gasteiger partial charge on any atom is -0.390 e. The molecule has 0 amide bonds. The van der Waals surface area contributed by atoms with Crippen LogP contribution in [0.25, 0.3) is 10.4 Å². The summed E-state index contributed by atoms with van der Waals surface area (Å²) in [6.45, 7) is -0.0107. The first-order valence-electron chi connectivity index (χ1n) is 5.61. The topological polar surface area (TPSA) is 149 Å². The van der Waals surface area contributed by atoms with Gasteiger partial charge in [0.25, 0.3) is 5.69 Å². The van der Waals surface area contributed by atoms with Crippen LogP contribution in [0.3, 0.4) is 0 Å². The van der Waals surface area contributed by atoms with E-state index in [4.69, 9.17) is 5.53 Å². The lowest BCUT2D eigenvalue weighted by Gasteiger charge is -2.17. The molecule has 2 unspecified atom stereocenters. The number of carbonyl (C=O) groups excluding carboxylic acids is 1. The van der Waals surface area contributed by atoms with Crippen molar-refractivity contribution in [1.29, 1.82) is 0 Å². The Balaban J connectivity index is 2.95. The molecule has 1 aromatic rings. The van der Waals surface area contributed by atoms with Gasteiger partial charge in [0.1, 0.15) is 6.10 Å². The third-order valence-electron chi connectivity index (χ3n) is 2.67. The van der Waals surface area contributed by atoms with E-state index in [0.29, 0.717) is 6.29 Å². The fraction of sp³-hybridized carbons (Fsp3) is 0.364. The molecule has 0 heterocycles. The van der Waals surface area contributed by atoms with E-state index in [9.17, 15) is 25.1 Å². The number of hydrogen-bond donors (Lipinski definition) is 2. The summed E-state index contributed by atoms with van der Waals surface area (Å²) in [4.78, 5) is 23.2. The fourth-order valence-corrected chi connectivity index (χ4v) is 1.62. The Kier molecular flexibility index (Phi) is 5.60. The Bertz CT molecular complexity index is 556. The van der Waals surface area contributed by atoms with Gasteiger partial charge in [-0.1, -0.05) is 11.2 Å². The molecule has 9 heteroatoms. The Morgan fingerprint density at radius 3 is 2.75 bits per heavy atom. The summed E-state index contributed by atoms with van der Waals surface area (Å²) >= 11 is 0. The molecule has 0 saturated heterocycles. The van der Waals surface area contributed by atoms with Crippen molar-refractivity contribution in [3.63, 3.8) is 0 Å². The minimum atomic E-state index is -1.37. The van der Waals surface area contributed by atoms with E-state index in [0.717, 1.165) is 6.07 Å². The molecule has 20 heavy (non-hydrogen) atoms. The number of nitro groups is 1. The number of carbonyl (C=O) groups is 1. The number of hydrogen-bond acceptors (Lipinski definition) is 6. The van der Waals surface area contributed by atoms with Crippen LogP contribution in [-0.2, 0) is 0 Å². The first-order valence-corrected chi connectivity index (χ1v) is 5.61. The van der Waals surface area contributed by atoms with E-state index in [-0.39, 0.29) is 24.1 Å². The zero-order chi connectivity index (χ0) is 15.1. The van der Waals surface area contributed by atoms with Crippen molar-refractivity contribution in [3.05, 3.63) is 49.9 Å². The number of nitrogens with zero attached hydrogens (tertiary/aromatic N) is 4. The van der Waals surface area contributed by atoms with Crippen LogP contribution in [0, 0.1) is 10.1 Å². The van der Waals surface area contributed by atoms with Crippen molar-refractivity contribution in [3.8, 4) is 0 Å². The summed E-state index contributed by atoms with van der Waals surface area (Å²) in [5.41, 5.74) is 7.64. The number of azide groups is 1. The zero-order valence-corrected chi connectivity index (χ0v) is 10.3. The normalized spacial score (nSPS) is 13.1. The molecule has 106 valence electrons. The average Bonchev–Trinajstić information content (AvgIpc) is 2.45. The molecule has 0 fully saturated rings. The van der Waals surface area contributed by atoms with Gasteiger partial charge >= 0.3 is 0 Å². The maximum atomic E-state index is 10.8. The van der Waals surface area contributed by atoms with Crippen molar-refractivity contribution in [2.75, 3.05) is 6.54 Å². The second kappa shape index (κ2) is 7.19. The van der Waals surface area contributed by atoms with Gasteiger partial charge in [-0.05, 0) is 23.6 Å². The maximum absolute atomic E-state index is 10.8. The van der Waals surface area contributed by atoms with Gasteiger partial charge in [-0.15, -0.1) is 0 Å². The van der Waals surface area contributed by atoms with Gasteiger partial charge in [0, 0.05) is 17.5 Å². The summed E-state index contributed by atoms with van der Waals surface area (Å²) < 4.78 is 0. The molecule has 0 aliphatic heterocycles. The highest BCUT2D eigenvalue weighted by atomic mass is 16.6. The number of rotatable bonds is 7. The quantitative estimate of drug-likeness (QED) is 0.194. The molecule has 0 aliphatic rings. The third kappa shape index (κ3) is 3.75. The van der Waals surface area contributed by atoms with Gasteiger partial charge in [0.15, 0.2) is 6.29 Å². The molecule has 2 atom stereocenters. The van der Waals surface area contributed by atoms with E-state index >= 15 is 0 Å². The van der Waals surface area contributed by atoms with Crippen molar-refractivity contribution in [1.82, 2.24) is 0 Å². The van der Waals surface area contributed by atoms with Crippen LogP contribution in [-0.4, -0.2) is 34.1 Å². The Labute approximate surface area is 113 Å². The molecule has 0 spiro atoms. The SMILES string of the molecule is [N-]=[N+]=NCCC(O)C(O)c1ccc(C=O)c([N+](=O)[O-])c1. The Morgan fingerprint density at radius 1 is 1.50 bits per heavy atom. The monoisotopic (exact) mass is 280 g/mol. The molecular weight excluding hydrogens is 268 g/mol. The van der Waals surface area contributed by atoms with Crippen molar-refractivity contribution in [2.24, 2.45) is 5.11 Å². The highest BCUT2D eigenvalue weighted by molar-refractivity contribution is 5.81. The lowest BCUT2D eigenvalue weighted by atomic mass is 10.00. The van der Waals surface area contributed by atoms with Crippen LogP contribution in [0.5, 0.6) is 0 Å². The molecule has 0 aromatic heterocycles. The second-order valence-electron chi connectivity index (χ2n) is 3.95. The average molecular weight is 280 g/mol. The summed E-state index contributed by atoms with van der Waals surface area (Å²) in [6.07, 6.45) is -2.26. The fourth-order valence-electron chi connectivity index (χ4n) is 1.62. The van der Waals surface area contributed by atoms with Crippen LogP contribution < -0.4 is 0 Å². The molecule has 0 aliphatic carbocycles. The van der Waals surface area contributed by atoms with Gasteiger partial charge in [-0.3, -0.25) is 14.9 Å². The van der Waals surface area contributed by atoms with E-state index in [1.165, 1.54) is 12.1 Å². The highest BCUT2D eigenvalue weighted by Gasteiger charge is 2.22. The highest BCUT2D eigenvalue weighted by Crippen LogP contribution is 2.25. The predicted molar refractivity (Wildman–Crippen MR) is 68.1 cm³/mol. The van der Waals surface area contributed by atoms with Crippen LogP contribution in [0.2, 0.25) is 0 Å². The van der Waals surface area contributed by atoms with Crippen molar-refractivity contribution >= 4 is 12.0 Å². The van der Waals surface area contributed by atoms with E-state index < -0.39 is 22.8 Å². The van der Waals surface area contributed by atoms with Crippen molar-refractivity contribution < 1.29 is 19.9 Å². The van der Waals surface area contributed by atoms with E-state index in [1.807, 2.05) is 0 Å². The number of aliphatic hydroxyl groups excluding tert-OH is 2.